The van der Waals surface area contributed by atoms with E-state index < -0.39 is 11.9 Å². The molecule has 2 aromatic rings. The summed E-state index contributed by atoms with van der Waals surface area (Å²) < 4.78 is 10.3. The molecule has 0 aliphatic heterocycles. The van der Waals surface area contributed by atoms with Crippen LogP contribution in [0.1, 0.15) is 36.8 Å². The fourth-order valence-electron chi connectivity index (χ4n) is 3.85. The highest BCUT2D eigenvalue weighted by molar-refractivity contribution is 5.86. The Morgan fingerprint density at radius 2 is 1.09 bits per heavy atom. The second kappa shape index (κ2) is 13.1. The number of rotatable bonds is 10. The minimum absolute atomic E-state index is 0.148. The van der Waals surface area contributed by atoms with E-state index in [1.54, 1.807) is 0 Å². The first-order valence-electron chi connectivity index (χ1n) is 11.5. The number of hydrogen-bond donors (Lipinski definition) is 2. The van der Waals surface area contributed by atoms with Crippen molar-refractivity contribution in [1.29, 1.82) is 0 Å². The molecular formula is C26H30N2O6. The van der Waals surface area contributed by atoms with Crippen molar-refractivity contribution < 1.29 is 28.7 Å². The molecule has 34 heavy (non-hydrogen) atoms. The smallest absolute Gasteiger partial charge is 0.325 e. The third-order valence-electron chi connectivity index (χ3n) is 5.71. The van der Waals surface area contributed by atoms with Crippen molar-refractivity contribution in [2.24, 2.45) is 11.8 Å². The Bertz CT molecular complexity index is 886. The summed E-state index contributed by atoms with van der Waals surface area (Å²) in [6.45, 7) is -0.136. The summed E-state index contributed by atoms with van der Waals surface area (Å²) in [5.74, 6) is -2.30. The number of amides is 2. The zero-order chi connectivity index (χ0) is 24.2. The van der Waals surface area contributed by atoms with E-state index in [0.29, 0.717) is 25.7 Å². The van der Waals surface area contributed by atoms with Crippen LogP contribution in [0.4, 0.5) is 0 Å². The maximum Gasteiger partial charge on any atom is 0.325 e. The quantitative estimate of drug-likeness (QED) is 0.521. The number of nitrogens with one attached hydrogen (secondary N) is 2. The van der Waals surface area contributed by atoms with Gasteiger partial charge in [-0.1, -0.05) is 67.1 Å². The van der Waals surface area contributed by atoms with E-state index in [4.69, 9.17) is 9.47 Å². The van der Waals surface area contributed by atoms with Gasteiger partial charge in [0.2, 0.25) is 11.8 Å². The van der Waals surface area contributed by atoms with E-state index in [9.17, 15) is 19.2 Å². The first kappa shape index (κ1) is 25.0. The summed E-state index contributed by atoms with van der Waals surface area (Å²) >= 11 is 0. The van der Waals surface area contributed by atoms with Crippen molar-refractivity contribution in [2.75, 3.05) is 13.1 Å². The minimum Gasteiger partial charge on any atom is -0.460 e. The highest BCUT2D eigenvalue weighted by Crippen LogP contribution is 2.29. The van der Waals surface area contributed by atoms with E-state index in [1.165, 1.54) is 0 Å². The van der Waals surface area contributed by atoms with E-state index in [1.807, 2.05) is 60.7 Å². The normalized spacial score (nSPS) is 17.3. The summed E-state index contributed by atoms with van der Waals surface area (Å²) in [4.78, 5) is 48.9. The van der Waals surface area contributed by atoms with Crippen molar-refractivity contribution in [3.63, 3.8) is 0 Å². The third kappa shape index (κ3) is 8.35. The highest BCUT2D eigenvalue weighted by atomic mass is 16.5. The number of esters is 2. The number of carbonyl (C=O) groups is 4. The fraction of sp³-hybridized carbons (Fsp3) is 0.385. The van der Waals surface area contributed by atoms with Crippen molar-refractivity contribution in [2.45, 2.75) is 38.9 Å². The van der Waals surface area contributed by atoms with Crippen LogP contribution in [0.15, 0.2) is 60.7 Å². The van der Waals surface area contributed by atoms with Crippen LogP contribution in [-0.2, 0) is 41.9 Å². The molecule has 0 radical (unpaired) electrons. The van der Waals surface area contributed by atoms with Gasteiger partial charge in [0.1, 0.15) is 26.3 Å². The summed E-state index contributed by atoms with van der Waals surface area (Å²) in [7, 11) is 0. The lowest BCUT2D eigenvalue weighted by Crippen LogP contribution is -2.41. The number of benzene rings is 2. The molecule has 2 aromatic carbocycles. The molecule has 0 bridgehead atoms. The van der Waals surface area contributed by atoms with Crippen LogP contribution in [0.25, 0.3) is 0 Å². The van der Waals surface area contributed by atoms with E-state index in [-0.39, 0.29) is 50.0 Å². The molecule has 180 valence electrons. The molecule has 2 amide bonds. The maximum atomic E-state index is 12.5. The second-order valence-electron chi connectivity index (χ2n) is 8.29. The van der Waals surface area contributed by atoms with Crippen molar-refractivity contribution in [1.82, 2.24) is 10.6 Å². The van der Waals surface area contributed by atoms with Gasteiger partial charge in [0.05, 0.1) is 0 Å². The van der Waals surface area contributed by atoms with Crippen molar-refractivity contribution >= 4 is 23.8 Å². The van der Waals surface area contributed by atoms with Gasteiger partial charge >= 0.3 is 11.9 Å². The monoisotopic (exact) mass is 466 g/mol. The largest absolute Gasteiger partial charge is 0.460 e. The Labute approximate surface area is 199 Å². The molecule has 2 atom stereocenters. The first-order chi connectivity index (χ1) is 16.5. The van der Waals surface area contributed by atoms with Crippen LogP contribution >= 0.6 is 0 Å². The van der Waals surface area contributed by atoms with Crippen LogP contribution in [0, 0.1) is 11.8 Å². The van der Waals surface area contributed by atoms with Gasteiger partial charge in [-0.25, -0.2) is 0 Å². The molecule has 0 saturated heterocycles. The Balaban J connectivity index is 1.34. The molecule has 1 fully saturated rings. The van der Waals surface area contributed by atoms with Gasteiger partial charge in [0.15, 0.2) is 0 Å². The SMILES string of the molecule is O=C(CNC(=O)C1CCCC(C(=O)NCC(=O)OCc2ccccc2)C1)OCc1ccccc1. The molecular weight excluding hydrogens is 436 g/mol. The van der Waals surface area contributed by atoms with Gasteiger partial charge in [0.25, 0.3) is 0 Å². The topological polar surface area (TPSA) is 111 Å². The molecule has 0 spiro atoms. The molecule has 2 unspecified atom stereocenters. The summed E-state index contributed by atoms with van der Waals surface area (Å²) in [5.41, 5.74) is 1.74. The Kier molecular flexibility index (Phi) is 9.64. The van der Waals surface area contributed by atoms with E-state index >= 15 is 0 Å². The lowest BCUT2D eigenvalue weighted by Gasteiger charge is -2.27. The molecule has 1 aliphatic carbocycles. The van der Waals surface area contributed by atoms with Crippen LogP contribution < -0.4 is 10.6 Å². The predicted molar refractivity (Wildman–Crippen MR) is 124 cm³/mol. The summed E-state index contributed by atoms with van der Waals surface area (Å²) in [6.07, 6.45) is 2.38. The van der Waals surface area contributed by atoms with E-state index in [0.717, 1.165) is 11.1 Å². The number of ether oxygens (including phenoxy) is 2. The zero-order valence-corrected chi connectivity index (χ0v) is 19.0. The summed E-state index contributed by atoms with van der Waals surface area (Å²) in [5, 5.41) is 5.22. The van der Waals surface area contributed by atoms with Gasteiger partial charge in [0, 0.05) is 11.8 Å². The highest BCUT2D eigenvalue weighted by Gasteiger charge is 2.31. The van der Waals surface area contributed by atoms with Gasteiger partial charge in [-0.2, -0.15) is 0 Å². The molecule has 3 rings (SSSR count). The molecule has 1 aliphatic rings. The molecule has 0 heterocycles. The average molecular weight is 467 g/mol. The lowest BCUT2D eigenvalue weighted by atomic mass is 9.80. The molecule has 1 saturated carbocycles. The lowest BCUT2D eigenvalue weighted by molar-refractivity contribution is -0.146. The molecule has 8 nitrogen and oxygen atoms in total. The Hall–Kier alpha value is -3.68. The third-order valence-corrected chi connectivity index (χ3v) is 5.71. The van der Waals surface area contributed by atoms with Crippen LogP contribution in [0.5, 0.6) is 0 Å². The van der Waals surface area contributed by atoms with Crippen LogP contribution in [0.2, 0.25) is 0 Å². The van der Waals surface area contributed by atoms with Crippen molar-refractivity contribution in [3.8, 4) is 0 Å². The Morgan fingerprint density at radius 3 is 1.50 bits per heavy atom. The summed E-state index contributed by atoms with van der Waals surface area (Å²) in [6, 6.07) is 18.6. The molecule has 2 N–H and O–H groups in total. The number of carbonyl (C=O) groups excluding carboxylic acids is 4. The fourth-order valence-corrected chi connectivity index (χ4v) is 3.85. The Morgan fingerprint density at radius 1 is 0.676 bits per heavy atom. The van der Waals surface area contributed by atoms with Gasteiger partial charge in [-0.05, 0) is 30.4 Å². The predicted octanol–water partition coefficient (Wildman–Crippen LogP) is 2.51. The van der Waals surface area contributed by atoms with Gasteiger partial charge < -0.3 is 20.1 Å². The zero-order valence-electron chi connectivity index (χ0n) is 19.0. The minimum atomic E-state index is -0.517. The molecule has 8 heteroatoms. The first-order valence-corrected chi connectivity index (χ1v) is 11.5. The average Bonchev–Trinajstić information content (AvgIpc) is 2.89. The van der Waals surface area contributed by atoms with Crippen molar-refractivity contribution in [3.05, 3.63) is 71.8 Å². The van der Waals surface area contributed by atoms with Crippen LogP contribution in [0.3, 0.4) is 0 Å². The van der Waals surface area contributed by atoms with Gasteiger partial charge in [-0.15, -0.1) is 0 Å². The maximum absolute atomic E-state index is 12.5. The van der Waals surface area contributed by atoms with Crippen LogP contribution in [-0.4, -0.2) is 36.8 Å². The number of hydrogen-bond acceptors (Lipinski definition) is 6. The van der Waals surface area contributed by atoms with Gasteiger partial charge in [-0.3, -0.25) is 19.2 Å². The van der Waals surface area contributed by atoms with E-state index in [2.05, 4.69) is 10.6 Å². The molecule has 0 aromatic heterocycles. The standard InChI is InChI=1S/C26H30N2O6/c29-23(33-17-19-8-3-1-4-9-19)15-27-25(31)21-12-7-13-22(14-21)26(32)28-16-24(30)34-18-20-10-5-2-6-11-20/h1-6,8-11,21-22H,7,12-18H2,(H,27,31)(H,28,32). The second-order valence-corrected chi connectivity index (χ2v) is 8.29.